The van der Waals surface area contributed by atoms with Crippen molar-refractivity contribution in [1.29, 1.82) is 0 Å². The van der Waals surface area contributed by atoms with Gasteiger partial charge in [0, 0.05) is 25.0 Å². The average Bonchev–Trinajstić information content (AvgIpc) is 2.80. The van der Waals surface area contributed by atoms with Crippen molar-refractivity contribution in [2.24, 2.45) is 0 Å². The Labute approximate surface area is 200 Å². The number of carbonyl (C=O) groups excluding carboxylic acids is 1. The van der Waals surface area contributed by atoms with Gasteiger partial charge >= 0.3 is 0 Å². The molecule has 1 heterocycles. The molecular formula is C21H24ClFN2O8S. The molecule has 34 heavy (non-hydrogen) atoms. The molecule has 2 aromatic carbocycles. The fourth-order valence-corrected chi connectivity index (χ4v) is 5.03. The number of halogens is 2. The largest absolute Gasteiger partial charge is 0.489 e. The smallest absolute Gasteiger partial charge is 0.267 e. The predicted molar refractivity (Wildman–Crippen MR) is 117 cm³/mol. The van der Waals surface area contributed by atoms with Crippen molar-refractivity contribution in [2.45, 2.75) is 42.1 Å². The Morgan fingerprint density at radius 2 is 1.91 bits per heavy atom. The standard InChI is InChI=1S/C21H24ClFN2O8S/c22-18-11-15(23)2-1-14(18)12-32-16-3-5-17(6-4-16)34(30,31)25-20(19(27)24-29)7-8-21(28,9-10-26)33-13-20/h1-6,11,25-26,28-29H,7-10,12-13H2,(H,24,27). The summed E-state index contributed by atoms with van der Waals surface area (Å²) in [6.45, 7) is -0.921. The number of hydrogen-bond donors (Lipinski definition) is 5. The minimum Gasteiger partial charge on any atom is -0.489 e. The van der Waals surface area contributed by atoms with Crippen molar-refractivity contribution in [3.05, 3.63) is 58.9 Å². The van der Waals surface area contributed by atoms with Crippen LogP contribution in [0.2, 0.25) is 5.02 Å². The summed E-state index contributed by atoms with van der Waals surface area (Å²) >= 11 is 5.96. The molecule has 0 aliphatic carbocycles. The third kappa shape index (κ3) is 6.02. The molecule has 2 unspecified atom stereocenters. The van der Waals surface area contributed by atoms with Crippen LogP contribution in [0, 0.1) is 5.82 Å². The lowest BCUT2D eigenvalue weighted by Gasteiger charge is -2.42. The Bertz CT molecular complexity index is 1120. The molecule has 1 aliphatic heterocycles. The van der Waals surface area contributed by atoms with E-state index in [0.29, 0.717) is 11.3 Å². The predicted octanol–water partition coefficient (Wildman–Crippen LogP) is 1.46. The van der Waals surface area contributed by atoms with E-state index in [2.05, 4.69) is 4.72 Å². The van der Waals surface area contributed by atoms with Crippen LogP contribution in [-0.2, 0) is 26.2 Å². The van der Waals surface area contributed by atoms with Gasteiger partial charge in [0.2, 0.25) is 10.0 Å². The first-order chi connectivity index (χ1) is 16.0. The summed E-state index contributed by atoms with van der Waals surface area (Å²) in [5, 5.41) is 28.7. The van der Waals surface area contributed by atoms with Crippen LogP contribution >= 0.6 is 11.6 Å². The Morgan fingerprint density at radius 3 is 2.47 bits per heavy atom. The molecule has 2 aromatic rings. The van der Waals surface area contributed by atoms with E-state index < -0.39 is 39.7 Å². The van der Waals surface area contributed by atoms with Gasteiger partial charge in [-0.3, -0.25) is 10.0 Å². The number of rotatable bonds is 9. The third-order valence-electron chi connectivity index (χ3n) is 5.44. The van der Waals surface area contributed by atoms with Crippen LogP contribution in [-0.4, -0.2) is 54.3 Å². The van der Waals surface area contributed by atoms with Crippen molar-refractivity contribution < 1.29 is 42.5 Å². The first-order valence-corrected chi connectivity index (χ1v) is 12.0. The minimum absolute atomic E-state index is 0.0251. The number of ether oxygens (including phenoxy) is 2. The SMILES string of the molecule is O=C(NO)C1(NS(=O)(=O)c2ccc(OCc3ccc(F)cc3Cl)cc2)CCC(O)(CCO)OC1. The van der Waals surface area contributed by atoms with Crippen molar-refractivity contribution in [1.82, 2.24) is 10.2 Å². The van der Waals surface area contributed by atoms with Gasteiger partial charge in [-0.05, 0) is 42.8 Å². The maximum Gasteiger partial charge on any atom is 0.267 e. The van der Waals surface area contributed by atoms with E-state index in [1.165, 1.54) is 41.9 Å². The maximum atomic E-state index is 13.2. The number of hydroxylamine groups is 1. The summed E-state index contributed by atoms with van der Waals surface area (Å²) in [4.78, 5) is 12.1. The molecule has 1 amide bonds. The Balaban J connectivity index is 1.72. The summed E-state index contributed by atoms with van der Waals surface area (Å²) in [6, 6.07) is 9.15. The highest BCUT2D eigenvalue weighted by molar-refractivity contribution is 7.89. The second-order valence-electron chi connectivity index (χ2n) is 7.83. The van der Waals surface area contributed by atoms with Crippen molar-refractivity contribution >= 4 is 27.5 Å². The summed E-state index contributed by atoms with van der Waals surface area (Å²) in [5.41, 5.74) is 0.0808. The molecule has 0 saturated carbocycles. The van der Waals surface area contributed by atoms with Gasteiger partial charge in [0.15, 0.2) is 5.79 Å². The highest BCUT2D eigenvalue weighted by atomic mass is 35.5. The lowest BCUT2D eigenvalue weighted by molar-refractivity contribution is -0.246. The normalized spacial score (nSPS) is 22.9. The lowest BCUT2D eigenvalue weighted by Crippen LogP contribution is -2.65. The monoisotopic (exact) mass is 518 g/mol. The molecule has 1 fully saturated rings. The van der Waals surface area contributed by atoms with Crippen LogP contribution in [0.4, 0.5) is 4.39 Å². The molecule has 186 valence electrons. The van der Waals surface area contributed by atoms with Crippen molar-refractivity contribution in [2.75, 3.05) is 13.2 Å². The molecule has 2 atom stereocenters. The van der Waals surface area contributed by atoms with E-state index in [0.717, 1.165) is 6.07 Å². The van der Waals surface area contributed by atoms with Crippen LogP contribution in [0.5, 0.6) is 5.75 Å². The number of aliphatic hydroxyl groups is 2. The van der Waals surface area contributed by atoms with Crippen molar-refractivity contribution in [3.8, 4) is 5.75 Å². The first-order valence-electron chi connectivity index (χ1n) is 10.1. The Morgan fingerprint density at radius 1 is 1.21 bits per heavy atom. The molecule has 3 rings (SSSR count). The van der Waals surface area contributed by atoms with Gasteiger partial charge in [0.25, 0.3) is 5.91 Å². The summed E-state index contributed by atoms with van der Waals surface area (Å²) in [5.74, 6) is -2.94. The summed E-state index contributed by atoms with van der Waals surface area (Å²) in [6.07, 6.45) is -0.488. The average molecular weight is 519 g/mol. The molecule has 0 spiro atoms. The zero-order chi connectivity index (χ0) is 25.0. The highest BCUT2D eigenvalue weighted by Gasteiger charge is 2.49. The van der Waals surface area contributed by atoms with E-state index in [1.807, 2.05) is 0 Å². The lowest BCUT2D eigenvalue weighted by atomic mass is 9.88. The molecule has 0 bridgehead atoms. The van der Waals surface area contributed by atoms with E-state index in [1.54, 1.807) is 0 Å². The molecule has 10 nitrogen and oxygen atoms in total. The van der Waals surface area contributed by atoms with Crippen LogP contribution in [0.15, 0.2) is 47.4 Å². The Hall–Kier alpha value is -2.32. The molecule has 0 aromatic heterocycles. The van der Waals surface area contributed by atoms with E-state index in [4.69, 9.17) is 31.4 Å². The molecule has 0 radical (unpaired) electrons. The number of benzene rings is 2. The van der Waals surface area contributed by atoms with Gasteiger partial charge in [-0.25, -0.2) is 18.3 Å². The van der Waals surface area contributed by atoms with Crippen LogP contribution < -0.4 is 14.9 Å². The van der Waals surface area contributed by atoms with Gasteiger partial charge in [-0.1, -0.05) is 17.7 Å². The van der Waals surface area contributed by atoms with Crippen LogP contribution in [0.1, 0.15) is 24.8 Å². The van der Waals surface area contributed by atoms with Gasteiger partial charge < -0.3 is 19.7 Å². The zero-order valence-electron chi connectivity index (χ0n) is 17.8. The number of amides is 1. The van der Waals surface area contributed by atoms with Crippen LogP contribution in [0.25, 0.3) is 0 Å². The number of aliphatic hydroxyl groups excluding tert-OH is 1. The quantitative estimate of drug-likeness (QED) is 0.247. The fraction of sp³-hybridized carbons (Fsp3) is 0.381. The molecule has 1 saturated heterocycles. The second-order valence-corrected chi connectivity index (χ2v) is 9.92. The highest BCUT2D eigenvalue weighted by Crippen LogP contribution is 2.33. The van der Waals surface area contributed by atoms with Gasteiger partial charge in [-0.2, -0.15) is 4.72 Å². The van der Waals surface area contributed by atoms with Gasteiger partial charge in [-0.15, -0.1) is 0 Å². The molecule has 1 aliphatic rings. The molecule has 5 N–H and O–H groups in total. The topological polar surface area (TPSA) is 154 Å². The fourth-order valence-electron chi connectivity index (χ4n) is 3.43. The van der Waals surface area contributed by atoms with E-state index >= 15 is 0 Å². The zero-order valence-corrected chi connectivity index (χ0v) is 19.4. The third-order valence-corrected chi connectivity index (χ3v) is 7.35. The maximum absolute atomic E-state index is 13.2. The number of hydrogen-bond acceptors (Lipinski definition) is 8. The van der Waals surface area contributed by atoms with E-state index in [9.17, 15) is 22.7 Å². The van der Waals surface area contributed by atoms with Crippen LogP contribution in [0.3, 0.4) is 0 Å². The summed E-state index contributed by atoms with van der Waals surface area (Å²) in [7, 11) is -4.27. The number of sulfonamides is 1. The summed E-state index contributed by atoms with van der Waals surface area (Å²) < 4.78 is 52.2. The molecular weight excluding hydrogens is 495 g/mol. The van der Waals surface area contributed by atoms with Gasteiger partial charge in [0.05, 0.1) is 16.5 Å². The second kappa shape index (κ2) is 10.5. The molecule has 13 heteroatoms. The van der Waals surface area contributed by atoms with Crippen molar-refractivity contribution in [3.63, 3.8) is 0 Å². The number of carbonyl (C=O) groups is 1. The number of nitrogens with one attached hydrogen (secondary N) is 2. The van der Waals surface area contributed by atoms with E-state index in [-0.39, 0.29) is 42.4 Å². The Kier molecular flexibility index (Phi) is 8.14. The minimum atomic E-state index is -4.27. The van der Waals surface area contributed by atoms with Gasteiger partial charge in [0.1, 0.15) is 23.7 Å². The first kappa shape index (κ1) is 26.3.